The SMILES string of the molecule is CC(C)(C)NC(=O)N[C@H](C(=O)N1CC(C2C(C)(C)C23CNC3)C[C@H]1C(=O)NC(CC1CCC1)C(=O)C(N)=O)C(C)(C)C. The normalized spacial score (nSPS) is 27.7. The average Bonchev–Trinajstić information content (AvgIpc) is 3.09. The van der Waals surface area contributed by atoms with Gasteiger partial charge in [-0.3, -0.25) is 19.2 Å². The second-order valence-corrected chi connectivity index (χ2v) is 15.9. The van der Waals surface area contributed by atoms with Crippen LogP contribution in [0.1, 0.15) is 87.5 Å². The molecular formula is C31H52N6O5. The first-order valence-corrected chi connectivity index (χ1v) is 15.5. The van der Waals surface area contributed by atoms with Crippen LogP contribution < -0.4 is 27.0 Å². The monoisotopic (exact) mass is 588 g/mol. The Labute approximate surface area is 250 Å². The third-order valence-electron chi connectivity index (χ3n) is 10.4. The highest BCUT2D eigenvalue weighted by Crippen LogP contribution is 2.74. The Bertz CT molecular complexity index is 1110. The number of rotatable bonds is 9. The van der Waals surface area contributed by atoms with Gasteiger partial charge < -0.3 is 31.9 Å². The molecule has 2 aliphatic carbocycles. The molecule has 1 spiro atoms. The number of likely N-dealkylation sites (tertiary alicyclic amines) is 1. The van der Waals surface area contributed by atoms with Gasteiger partial charge in [0.25, 0.3) is 5.91 Å². The number of Topliss-reactive ketones (excluding diaryl/α,β-unsaturated/α-hetero) is 1. The van der Waals surface area contributed by atoms with Gasteiger partial charge in [-0.15, -0.1) is 0 Å². The summed E-state index contributed by atoms with van der Waals surface area (Å²) in [4.78, 5) is 67.3. The summed E-state index contributed by atoms with van der Waals surface area (Å²) in [6.45, 7) is 18.0. The molecule has 0 aromatic rings. The number of nitrogens with zero attached hydrogens (tertiary/aromatic N) is 1. The van der Waals surface area contributed by atoms with Crippen LogP contribution in [-0.4, -0.2) is 77.7 Å². The molecule has 2 heterocycles. The molecule has 42 heavy (non-hydrogen) atoms. The van der Waals surface area contributed by atoms with Gasteiger partial charge in [0, 0.05) is 30.6 Å². The molecule has 4 rings (SSSR count). The summed E-state index contributed by atoms with van der Waals surface area (Å²) in [5.74, 6) is -1.98. The van der Waals surface area contributed by atoms with Gasteiger partial charge in [0.15, 0.2) is 0 Å². The van der Waals surface area contributed by atoms with Crippen LogP contribution in [0.4, 0.5) is 4.79 Å². The Hall–Kier alpha value is -2.69. The van der Waals surface area contributed by atoms with Crippen molar-refractivity contribution in [3.63, 3.8) is 0 Å². The molecule has 5 amide bonds. The van der Waals surface area contributed by atoms with Gasteiger partial charge in [0.05, 0.1) is 6.04 Å². The van der Waals surface area contributed by atoms with Crippen molar-refractivity contribution >= 4 is 29.5 Å². The van der Waals surface area contributed by atoms with Crippen molar-refractivity contribution < 1.29 is 24.0 Å². The molecule has 236 valence electrons. The first-order valence-electron chi connectivity index (χ1n) is 15.5. The Morgan fingerprint density at radius 3 is 2.05 bits per heavy atom. The van der Waals surface area contributed by atoms with Crippen molar-refractivity contribution in [2.75, 3.05) is 19.6 Å². The van der Waals surface area contributed by atoms with Crippen LogP contribution in [0.5, 0.6) is 0 Å². The number of primary amides is 1. The van der Waals surface area contributed by atoms with Crippen LogP contribution in [0.15, 0.2) is 0 Å². The molecule has 3 unspecified atom stereocenters. The molecule has 11 nitrogen and oxygen atoms in total. The van der Waals surface area contributed by atoms with Gasteiger partial charge in [0.2, 0.25) is 17.6 Å². The number of carbonyl (C=O) groups excluding carboxylic acids is 5. The van der Waals surface area contributed by atoms with E-state index >= 15 is 0 Å². The summed E-state index contributed by atoms with van der Waals surface area (Å²) in [5, 5.41) is 12.0. The second kappa shape index (κ2) is 11.1. The Morgan fingerprint density at radius 1 is 1.00 bits per heavy atom. The van der Waals surface area contributed by atoms with Crippen molar-refractivity contribution in [2.24, 2.45) is 39.7 Å². The maximum Gasteiger partial charge on any atom is 0.315 e. The molecule has 6 N–H and O–H groups in total. The van der Waals surface area contributed by atoms with Crippen molar-refractivity contribution in [2.45, 2.75) is 111 Å². The largest absolute Gasteiger partial charge is 0.363 e. The molecule has 2 saturated carbocycles. The number of urea groups is 1. The van der Waals surface area contributed by atoms with E-state index in [1.165, 1.54) is 0 Å². The van der Waals surface area contributed by atoms with E-state index in [9.17, 15) is 24.0 Å². The Kier molecular flexibility index (Phi) is 8.52. The van der Waals surface area contributed by atoms with Gasteiger partial charge in [-0.1, -0.05) is 53.9 Å². The predicted octanol–water partition coefficient (Wildman–Crippen LogP) is 1.69. The molecule has 4 fully saturated rings. The summed E-state index contributed by atoms with van der Waals surface area (Å²) in [5.41, 5.74) is 4.44. The van der Waals surface area contributed by atoms with Gasteiger partial charge in [-0.2, -0.15) is 0 Å². The van der Waals surface area contributed by atoms with E-state index in [-0.39, 0.29) is 28.6 Å². The topological polar surface area (TPSA) is 163 Å². The fraction of sp³-hybridized carbons (Fsp3) is 0.839. The number of amides is 5. The maximum absolute atomic E-state index is 14.3. The maximum atomic E-state index is 14.3. The van der Waals surface area contributed by atoms with Crippen LogP contribution in [0, 0.1) is 34.0 Å². The lowest BCUT2D eigenvalue weighted by molar-refractivity contribution is -0.143. The molecule has 0 aromatic carbocycles. The van der Waals surface area contributed by atoms with Crippen LogP contribution in [0.3, 0.4) is 0 Å². The number of carbonyl (C=O) groups is 5. The van der Waals surface area contributed by atoms with Crippen LogP contribution in [-0.2, 0) is 19.2 Å². The minimum absolute atomic E-state index is 0.0754. The molecule has 5 atom stereocenters. The third-order valence-corrected chi connectivity index (χ3v) is 10.4. The summed E-state index contributed by atoms with van der Waals surface area (Å²) in [7, 11) is 0. The van der Waals surface area contributed by atoms with E-state index in [0.29, 0.717) is 25.3 Å². The van der Waals surface area contributed by atoms with Gasteiger partial charge >= 0.3 is 6.03 Å². The minimum Gasteiger partial charge on any atom is -0.363 e. The second-order valence-electron chi connectivity index (χ2n) is 15.9. The van der Waals surface area contributed by atoms with E-state index in [2.05, 4.69) is 35.1 Å². The highest BCUT2D eigenvalue weighted by Gasteiger charge is 2.75. The van der Waals surface area contributed by atoms with E-state index in [0.717, 1.165) is 32.4 Å². The minimum atomic E-state index is -1.07. The lowest BCUT2D eigenvalue weighted by Gasteiger charge is -2.36. The van der Waals surface area contributed by atoms with Gasteiger partial charge in [-0.25, -0.2) is 4.79 Å². The number of hydrogen-bond acceptors (Lipinski definition) is 6. The van der Waals surface area contributed by atoms with Gasteiger partial charge in [-0.05, 0) is 62.2 Å². The van der Waals surface area contributed by atoms with Crippen LogP contribution in [0.2, 0.25) is 0 Å². The number of nitrogens with one attached hydrogen (secondary N) is 4. The number of nitrogens with two attached hydrogens (primary N) is 1. The summed E-state index contributed by atoms with van der Waals surface area (Å²) in [6.07, 6.45) is 3.76. The lowest BCUT2D eigenvalue weighted by Crippen LogP contribution is -2.61. The third kappa shape index (κ3) is 6.17. The van der Waals surface area contributed by atoms with Crippen LogP contribution in [0.25, 0.3) is 0 Å². The van der Waals surface area contributed by atoms with E-state index in [1.54, 1.807) is 4.90 Å². The van der Waals surface area contributed by atoms with Crippen LogP contribution >= 0.6 is 0 Å². The smallest absolute Gasteiger partial charge is 0.315 e. The summed E-state index contributed by atoms with van der Waals surface area (Å²) >= 11 is 0. The van der Waals surface area contributed by atoms with Crippen molar-refractivity contribution in [3.05, 3.63) is 0 Å². The summed E-state index contributed by atoms with van der Waals surface area (Å²) < 4.78 is 0. The van der Waals surface area contributed by atoms with Crippen molar-refractivity contribution in [1.29, 1.82) is 0 Å². The Balaban J connectivity index is 1.60. The lowest BCUT2D eigenvalue weighted by atomic mass is 9.80. The first kappa shape index (κ1) is 32.2. The van der Waals surface area contributed by atoms with Crippen molar-refractivity contribution in [1.82, 2.24) is 26.2 Å². The summed E-state index contributed by atoms with van der Waals surface area (Å²) in [6, 6.07) is -3.18. The van der Waals surface area contributed by atoms with Crippen molar-refractivity contribution in [3.8, 4) is 0 Å². The van der Waals surface area contributed by atoms with E-state index < -0.39 is 52.7 Å². The zero-order valence-electron chi connectivity index (χ0n) is 26.7. The average molecular weight is 589 g/mol. The molecular weight excluding hydrogens is 536 g/mol. The first-order chi connectivity index (χ1) is 19.3. The molecule has 4 aliphatic rings. The zero-order valence-corrected chi connectivity index (χ0v) is 26.7. The molecule has 11 heteroatoms. The highest BCUT2D eigenvalue weighted by atomic mass is 16.2. The Morgan fingerprint density at radius 2 is 1.62 bits per heavy atom. The quantitative estimate of drug-likeness (QED) is 0.258. The predicted molar refractivity (Wildman–Crippen MR) is 159 cm³/mol. The molecule has 0 bridgehead atoms. The standard InChI is InChI=1S/C31H52N6O5/c1-28(2,3)23(35-27(42)36-29(4,5)6)26(41)37-14-18(22-30(7,8)31(22)15-33-16-31)13-20(37)25(40)34-19(21(38)24(32)39)12-17-10-9-11-17/h17-20,22-23,33H,9-16H2,1-8H3,(H2,32,39)(H,34,40)(H2,35,36,42)/t18?,19?,20-,22?,23+/m0/s1. The van der Waals surface area contributed by atoms with E-state index in [4.69, 9.17) is 5.73 Å². The number of hydrogen-bond donors (Lipinski definition) is 5. The molecule has 0 radical (unpaired) electrons. The fourth-order valence-electron chi connectivity index (χ4n) is 7.75. The molecule has 2 aliphatic heterocycles. The zero-order chi connectivity index (χ0) is 31.4. The number of ketones is 1. The highest BCUT2D eigenvalue weighted by molar-refractivity contribution is 6.37. The van der Waals surface area contributed by atoms with E-state index in [1.807, 2.05) is 41.5 Å². The molecule has 0 aromatic heterocycles. The fourth-order valence-corrected chi connectivity index (χ4v) is 7.75. The molecule has 2 saturated heterocycles. The van der Waals surface area contributed by atoms with Gasteiger partial charge in [0.1, 0.15) is 12.1 Å².